The van der Waals surface area contributed by atoms with E-state index >= 15 is 0 Å². The molecule has 1 N–H and O–H groups in total. The van der Waals surface area contributed by atoms with Crippen molar-refractivity contribution in [3.63, 3.8) is 0 Å². The van der Waals surface area contributed by atoms with Crippen molar-refractivity contribution in [2.24, 2.45) is 0 Å². The van der Waals surface area contributed by atoms with Gasteiger partial charge in [-0.2, -0.15) is 4.98 Å². The third-order valence-electron chi connectivity index (χ3n) is 4.36. The topological polar surface area (TPSA) is 72.2 Å². The van der Waals surface area contributed by atoms with E-state index in [0.717, 1.165) is 17.7 Å². The second-order valence-electron chi connectivity index (χ2n) is 6.46. The second-order valence-corrected chi connectivity index (χ2v) is 8.32. The van der Waals surface area contributed by atoms with Gasteiger partial charge >= 0.3 is 0 Å². The van der Waals surface area contributed by atoms with E-state index in [1.807, 2.05) is 6.07 Å². The van der Waals surface area contributed by atoms with Crippen LogP contribution in [-0.2, 0) is 16.4 Å². The van der Waals surface area contributed by atoms with Crippen molar-refractivity contribution in [3.8, 4) is 11.5 Å². The molecule has 0 aliphatic carbocycles. The van der Waals surface area contributed by atoms with Crippen LogP contribution in [0.2, 0.25) is 0 Å². The number of nitrogens with zero attached hydrogens (tertiary/aromatic N) is 1. The van der Waals surface area contributed by atoms with E-state index in [1.54, 1.807) is 36.4 Å². The average molecular weight is 426 g/mol. The minimum Gasteiger partial charge on any atom is -0.419 e. The summed E-state index contributed by atoms with van der Waals surface area (Å²) in [4.78, 5) is 4.10. The third kappa shape index (κ3) is 4.08. The molecule has 30 heavy (non-hydrogen) atoms. The summed E-state index contributed by atoms with van der Waals surface area (Å²) in [5, 5.41) is 2.61. The van der Waals surface area contributed by atoms with Crippen LogP contribution >= 0.6 is 0 Å². The molecule has 1 aromatic heterocycles. The standard InChI is InChI=1S/C22H16F2N2O3S/c23-17-8-6-15(7-9-17)14-25-21-22(26-20(29-21)16-4-2-1-3-5-16)30(27,28)19-12-10-18(24)11-13-19/h1-13,25H,14H2. The normalized spacial score (nSPS) is 11.4. The Morgan fingerprint density at radius 3 is 2.07 bits per heavy atom. The lowest BCUT2D eigenvalue weighted by atomic mass is 10.2. The molecule has 0 unspecified atom stereocenters. The molecule has 152 valence electrons. The van der Waals surface area contributed by atoms with Crippen LogP contribution in [0.15, 0.2) is 93.2 Å². The Hall–Kier alpha value is -3.52. The predicted molar refractivity (Wildman–Crippen MR) is 108 cm³/mol. The highest BCUT2D eigenvalue weighted by Crippen LogP contribution is 2.32. The Labute approximate surface area is 171 Å². The fourth-order valence-electron chi connectivity index (χ4n) is 2.81. The fraction of sp³-hybridized carbons (Fsp3) is 0.0455. The maximum atomic E-state index is 13.3. The number of aromatic nitrogens is 1. The SMILES string of the molecule is O=S(=O)(c1ccc(F)cc1)c1nc(-c2ccccc2)oc1NCc1ccc(F)cc1. The maximum Gasteiger partial charge on any atom is 0.234 e. The van der Waals surface area contributed by atoms with Gasteiger partial charge in [0.25, 0.3) is 0 Å². The van der Waals surface area contributed by atoms with Gasteiger partial charge in [-0.25, -0.2) is 17.2 Å². The first-order valence-electron chi connectivity index (χ1n) is 8.99. The summed E-state index contributed by atoms with van der Waals surface area (Å²) in [6, 6.07) is 19.1. The van der Waals surface area contributed by atoms with Gasteiger partial charge < -0.3 is 9.73 Å². The molecule has 0 bridgehead atoms. The molecule has 4 rings (SSSR count). The molecule has 0 spiro atoms. The molecule has 0 saturated heterocycles. The number of rotatable bonds is 6. The molecule has 0 aliphatic rings. The molecule has 0 aliphatic heterocycles. The summed E-state index contributed by atoms with van der Waals surface area (Å²) in [5.41, 5.74) is 1.32. The first kappa shape index (κ1) is 19.8. The van der Waals surface area contributed by atoms with E-state index in [2.05, 4.69) is 10.3 Å². The quantitative estimate of drug-likeness (QED) is 0.436. The lowest BCUT2D eigenvalue weighted by Gasteiger charge is -2.06. The highest BCUT2D eigenvalue weighted by atomic mass is 32.2. The third-order valence-corrected chi connectivity index (χ3v) is 6.04. The van der Waals surface area contributed by atoms with E-state index in [1.165, 1.54) is 24.3 Å². The van der Waals surface area contributed by atoms with Gasteiger partial charge in [0.15, 0.2) is 0 Å². The van der Waals surface area contributed by atoms with Crippen molar-refractivity contribution in [2.75, 3.05) is 5.32 Å². The minimum atomic E-state index is -4.08. The predicted octanol–water partition coefficient (Wildman–Crippen LogP) is 5.06. The number of hydrogen-bond donors (Lipinski definition) is 1. The number of oxazole rings is 1. The molecule has 0 atom stereocenters. The Bertz CT molecular complexity index is 1250. The largest absolute Gasteiger partial charge is 0.419 e. The lowest BCUT2D eigenvalue weighted by Crippen LogP contribution is -2.07. The van der Waals surface area contributed by atoms with Crippen molar-refractivity contribution in [2.45, 2.75) is 16.5 Å². The van der Waals surface area contributed by atoms with Gasteiger partial charge in [0.2, 0.25) is 26.6 Å². The average Bonchev–Trinajstić information content (AvgIpc) is 3.20. The van der Waals surface area contributed by atoms with E-state index in [0.29, 0.717) is 5.56 Å². The minimum absolute atomic E-state index is 0.0532. The number of anilines is 1. The molecule has 0 saturated carbocycles. The smallest absolute Gasteiger partial charge is 0.234 e. The van der Waals surface area contributed by atoms with Gasteiger partial charge in [-0.15, -0.1) is 0 Å². The van der Waals surface area contributed by atoms with Gasteiger partial charge in [-0.1, -0.05) is 30.3 Å². The van der Waals surface area contributed by atoms with Crippen molar-refractivity contribution >= 4 is 15.7 Å². The van der Waals surface area contributed by atoms with Gasteiger partial charge in [-0.05, 0) is 54.1 Å². The van der Waals surface area contributed by atoms with Crippen LogP contribution in [0.3, 0.4) is 0 Å². The zero-order chi connectivity index (χ0) is 21.1. The Morgan fingerprint density at radius 2 is 1.43 bits per heavy atom. The number of halogens is 2. The van der Waals surface area contributed by atoms with Crippen molar-refractivity contribution in [1.82, 2.24) is 4.98 Å². The summed E-state index contributed by atoms with van der Waals surface area (Å²) in [6.07, 6.45) is 0. The molecule has 3 aromatic carbocycles. The summed E-state index contributed by atoms with van der Waals surface area (Å²) in [7, 11) is -4.08. The van der Waals surface area contributed by atoms with E-state index < -0.39 is 15.7 Å². The van der Waals surface area contributed by atoms with Crippen LogP contribution < -0.4 is 5.32 Å². The molecule has 0 amide bonds. The fourth-order valence-corrected chi connectivity index (χ4v) is 4.09. The van der Waals surface area contributed by atoms with Gasteiger partial charge in [0, 0.05) is 12.1 Å². The summed E-state index contributed by atoms with van der Waals surface area (Å²) in [6.45, 7) is 0.190. The lowest BCUT2D eigenvalue weighted by molar-refractivity contribution is 0.576. The van der Waals surface area contributed by atoms with Crippen LogP contribution in [0.5, 0.6) is 0 Å². The van der Waals surface area contributed by atoms with Crippen LogP contribution in [0.1, 0.15) is 5.56 Å². The highest BCUT2D eigenvalue weighted by molar-refractivity contribution is 7.91. The Kier molecular flexibility index (Phi) is 5.33. The molecular weight excluding hydrogens is 410 g/mol. The summed E-state index contributed by atoms with van der Waals surface area (Å²) >= 11 is 0. The summed E-state index contributed by atoms with van der Waals surface area (Å²) in [5.74, 6) is -0.849. The van der Waals surface area contributed by atoms with E-state index in [-0.39, 0.29) is 34.1 Å². The van der Waals surface area contributed by atoms with Gasteiger partial charge in [0.05, 0.1) is 4.90 Å². The van der Waals surface area contributed by atoms with Gasteiger partial charge in [0.1, 0.15) is 11.6 Å². The monoisotopic (exact) mass is 426 g/mol. The zero-order valence-corrected chi connectivity index (χ0v) is 16.4. The molecule has 5 nitrogen and oxygen atoms in total. The molecular formula is C22H16F2N2O3S. The molecule has 8 heteroatoms. The number of hydrogen-bond acceptors (Lipinski definition) is 5. The van der Waals surface area contributed by atoms with Crippen molar-refractivity contribution in [1.29, 1.82) is 0 Å². The Balaban J connectivity index is 1.74. The molecule has 0 fully saturated rings. The van der Waals surface area contributed by atoms with Crippen LogP contribution in [0, 0.1) is 11.6 Å². The van der Waals surface area contributed by atoms with Crippen molar-refractivity contribution in [3.05, 3.63) is 96.1 Å². The first-order valence-corrected chi connectivity index (χ1v) is 10.5. The molecule has 1 heterocycles. The number of nitrogens with one attached hydrogen (secondary N) is 1. The first-order chi connectivity index (χ1) is 14.4. The van der Waals surface area contributed by atoms with E-state index in [9.17, 15) is 17.2 Å². The second kappa shape index (κ2) is 8.08. The van der Waals surface area contributed by atoms with Crippen LogP contribution in [-0.4, -0.2) is 13.4 Å². The van der Waals surface area contributed by atoms with Crippen LogP contribution in [0.4, 0.5) is 14.7 Å². The highest BCUT2D eigenvalue weighted by Gasteiger charge is 2.28. The van der Waals surface area contributed by atoms with Crippen LogP contribution in [0.25, 0.3) is 11.5 Å². The zero-order valence-electron chi connectivity index (χ0n) is 15.5. The number of benzene rings is 3. The van der Waals surface area contributed by atoms with E-state index in [4.69, 9.17) is 4.42 Å². The molecule has 4 aromatic rings. The Morgan fingerprint density at radius 1 is 0.833 bits per heavy atom. The number of sulfone groups is 1. The van der Waals surface area contributed by atoms with Gasteiger partial charge in [-0.3, -0.25) is 0 Å². The maximum absolute atomic E-state index is 13.3. The summed E-state index contributed by atoms with van der Waals surface area (Å²) < 4.78 is 58.4. The van der Waals surface area contributed by atoms with Crippen molar-refractivity contribution < 1.29 is 21.6 Å². The molecule has 0 radical (unpaired) electrons.